The number of hydrogen-bond acceptors (Lipinski definition) is 5. The zero-order chi connectivity index (χ0) is 25.9. The van der Waals surface area contributed by atoms with Crippen LogP contribution in [-0.4, -0.2) is 83.0 Å². The summed E-state index contributed by atoms with van der Waals surface area (Å²) in [5.41, 5.74) is 0.574. The Kier molecular flexibility index (Phi) is 8.23. The van der Waals surface area contributed by atoms with E-state index in [1.807, 2.05) is 44.2 Å². The molecule has 0 aliphatic carbocycles. The van der Waals surface area contributed by atoms with Crippen molar-refractivity contribution < 1.29 is 14.7 Å². The number of rotatable bonds is 8. The molecule has 7 nitrogen and oxygen atoms in total. The first-order chi connectivity index (χ1) is 17.2. The molecular weight excluding hydrogens is 476 g/mol. The molecule has 0 bridgehead atoms. The summed E-state index contributed by atoms with van der Waals surface area (Å²) < 4.78 is 0. The number of nitrogens with one attached hydrogen (secondary N) is 1. The number of hydrogen-bond donors (Lipinski definition) is 2. The lowest BCUT2D eigenvalue weighted by molar-refractivity contribution is -0.152. The average Bonchev–Trinajstić information content (AvgIpc) is 2.87. The number of aliphatic hydroxyl groups is 1. The van der Waals surface area contributed by atoms with Gasteiger partial charge in [0.25, 0.3) is 11.8 Å². The van der Waals surface area contributed by atoms with E-state index in [-0.39, 0.29) is 11.8 Å². The topological polar surface area (TPSA) is 76.1 Å². The second kappa shape index (κ2) is 11.2. The Labute approximate surface area is 219 Å². The number of likely N-dealkylation sites (tertiary alicyclic amines) is 2. The normalized spacial score (nSPS) is 18.9. The lowest BCUT2D eigenvalue weighted by Crippen LogP contribution is -2.61. The van der Waals surface area contributed by atoms with Crippen LogP contribution in [0.3, 0.4) is 0 Å². The van der Waals surface area contributed by atoms with Crippen molar-refractivity contribution >= 4 is 29.1 Å². The van der Waals surface area contributed by atoms with Crippen molar-refractivity contribution in [3.63, 3.8) is 0 Å². The molecule has 2 aromatic rings. The van der Waals surface area contributed by atoms with E-state index in [0.717, 1.165) is 31.6 Å². The van der Waals surface area contributed by atoms with Gasteiger partial charge in [0, 0.05) is 51.0 Å². The summed E-state index contributed by atoms with van der Waals surface area (Å²) in [5.74, 6) is -0.267. The number of amides is 2. The highest BCUT2D eigenvalue weighted by Gasteiger charge is 2.40. The predicted octanol–water partition coefficient (Wildman–Crippen LogP) is 3.82. The van der Waals surface area contributed by atoms with Gasteiger partial charge in [-0.1, -0.05) is 41.9 Å². The fraction of sp³-hybridized carbons (Fsp3) is 0.500. The van der Waals surface area contributed by atoms with Gasteiger partial charge in [-0.05, 0) is 57.4 Å². The summed E-state index contributed by atoms with van der Waals surface area (Å²) in [5, 5.41) is 14.9. The van der Waals surface area contributed by atoms with Crippen LogP contribution in [0.4, 0.5) is 5.69 Å². The van der Waals surface area contributed by atoms with Gasteiger partial charge in [0.2, 0.25) is 0 Å². The lowest BCUT2D eigenvalue weighted by atomic mass is 9.92. The van der Waals surface area contributed by atoms with Gasteiger partial charge in [-0.25, -0.2) is 0 Å². The van der Waals surface area contributed by atoms with Gasteiger partial charge in [0.1, 0.15) is 0 Å². The summed E-state index contributed by atoms with van der Waals surface area (Å²) >= 11 is 6.44. The summed E-state index contributed by atoms with van der Waals surface area (Å²) in [6.07, 6.45) is 1.80. The van der Waals surface area contributed by atoms with Crippen molar-refractivity contribution in [2.75, 3.05) is 44.6 Å². The van der Waals surface area contributed by atoms with Crippen molar-refractivity contribution in [3.05, 3.63) is 64.7 Å². The molecule has 2 fully saturated rings. The Morgan fingerprint density at radius 2 is 1.72 bits per heavy atom. The van der Waals surface area contributed by atoms with E-state index in [2.05, 4.69) is 10.2 Å². The van der Waals surface area contributed by atoms with Crippen molar-refractivity contribution in [3.8, 4) is 0 Å². The molecule has 194 valence electrons. The standard InChI is InChI=1S/C28H37ClN4O3/c1-4-31(5-2)26(34)24-12-11-21(17-25(24)29)30-22-18-33(19-22)23-13-15-32(16-14-23)27(35)28(3,36)20-9-7-6-8-10-20/h6-12,17,22-23,30,36H,4-5,13-16,18-19H2,1-3H3/t28-/m0/s1. The van der Waals surface area contributed by atoms with Crippen LogP contribution in [0.2, 0.25) is 5.02 Å². The zero-order valence-electron chi connectivity index (χ0n) is 21.4. The van der Waals surface area contributed by atoms with Gasteiger partial charge in [-0.2, -0.15) is 0 Å². The number of carbonyl (C=O) groups is 2. The van der Waals surface area contributed by atoms with Crippen LogP contribution in [0.5, 0.6) is 0 Å². The molecule has 2 heterocycles. The Balaban J connectivity index is 1.25. The van der Waals surface area contributed by atoms with Crippen molar-refractivity contribution in [1.82, 2.24) is 14.7 Å². The van der Waals surface area contributed by atoms with E-state index < -0.39 is 5.60 Å². The molecule has 0 radical (unpaired) electrons. The quantitative estimate of drug-likeness (QED) is 0.562. The maximum Gasteiger partial charge on any atom is 0.258 e. The Morgan fingerprint density at radius 1 is 1.08 bits per heavy atom. The van der Waals surface area contributed by atoms with Gasteiger partial charge in [0.15, 0.2) is 5.60 Å². The largest absolute Gasteiger partial charge is 0.380 e. The molecule has 2 saturated heterocycles. The predicted molar refractivity (Wildman–Crippen MR) is 143 cm³/mol. The Bertz CT molecular complexity index is 1060. The molecule has 2 aliphatic heterocycles. The van der Waals surface area contributed by atoms with Crippen LogP contribution in [0.1, 0.15) is 49.5 Å². The maximum atomic E-state index is 13.0. The summed E-state index contributed by atoms with van der Waals surface area (Å²) in [7, 11) is 0. The van der Waals surface area contributed by atoms with Gasteiger partial charge in [-0.3, -0.25) is 14.5 Å². The average molecular weight is 513 g/mol. The van der Waals surface area contributed by atoms with Gasteiger partial charge in [-0.15, -0.1) is 0 Å². The maximum absolute atomic E-state index is 13.0. The summed E-state index contributed by atoms with van der Waals surface area (Å²) in [6, 6.07) is 15.5. The van der Waals surface area contributed by atoms with Gasteiger partial charge < -0.3 is 20.2 Å². The van der Waals surface area contributed by atoms with E-state index in [9.17, 15) is 14.7 Å². The summed E-state index contributed by atoms with van der Waals surface area (Å²) in [6.45, 7) is 9.98. The second-order valence-electron chi connectivity index (χ2n) is 9.93. The molecule has 0 aromatic heterocycles. The van der Waals surface area contributed by atoms with Crippen molar-refractivity contribution in [2.45, 2.75) is 51.3 Å². The summed E-state index contributed by atoms with van der Waals surface area (Å²) in [4.78, 5) is 31.6. The van der Waals surface area contributed by atoms with E-state index in [0.29, 0.717) is 54.4 Å². The SMILES string of the molecule is CCN(CC)C(=O)c1ccc(NC2CN(C3CCN(C(=O)[C@@](C)(O)c4ccccc4)CC3)C2)cc1Cl. The molecule has 2 aliphatic rings. The van der Waals surface area contributed by atoms with E-state index in [1.165, 1.54) is 0 Å². The monoisotopic (exact) mass is 512 g/mol. The molecule has 0 saturated carbocycles. The van der Waals surface area contributed by atoms with Crippen LogP contribution in [0.25, 0.3) is 0 Å². The van der Waals surface area contributed by atoms with Crippen molar-refractivity contribution in [1.29, 1.82) is 0 Å². The zero-order valence-corrected chi connectivity index (χ0v) is 22.2. The first-order valence-corrected chi connectivity index (χ1v) is 13.3. The molecule has 1 atom stereocenters. The minimum atomic E-state index is -1.51. The molecular formula is C28H37ClN4O3. The first kappa shape index (κ1) is 26.5. The molecule has 0 spiro atoms. The Hall–Kier alpha value is -2.61. The van der Waals surface area contributed by atoms with E-state index in [1.54, 1.807) is 34.9 Å². The second-order valence-corrected chi connectivity index (χ2v) is 10.3. The number of benzene rings is 2. The molecule has 8 heteroatoms. The molecule has 36 heavy (non-hydrogen) atoms. The van der Waals surface area contributed by atoms with Gasteiger partial charge >= 0.3 is 0 Å². The number of halogens is 1. The number of nitrogens with zero attached hydrogens (tertiary/aromatic N) is 3. The number of piperidine rings is 1. The van der Waals surface area contributed by atoms with Crippen LogP contribution in [-0.2, 0) is 10.4 Å². The van der Waals surface area contributed by atoms with E-state index >= 15 is 0 Å². The highest BCUT2D eigenvalue weighted by atomic mass is 35.5. The fourth-order valence-corrected chi connectivity index (χ4v) is 5.49. The van der Waals surface area contributed by atoms with E-state index in [4.69, 9.17) is 11.6 Å². The van der Waals surface area contributed by atoms with Crippen LogP contribution >= 0.6 is 11.6 Å². The van der Waals surface area contributed by atoms with Crippen LogP contribution < -0.4 is 5.32 Å². The Morgan fingerprint density at radius 3 is 2.31 bits per heavy atom. The number of anilines is 1. The molecule has 0 unspecified atom stereocenters. The third-order valence-corrected chi connectivity index (χ3v) is 7.86. The highest BCUT2D eigenvalue weighted by molar-refractivity contribution is 6.34. The minimum Gasteiger partial charge on any atom is -0.380 e. The lowest BCUT2D eigenvalue weighted by Gasteiger charge is -2.48. The van der Waals surface area contributed by atoms with Crippen LogP contribution in [0.15, 0.2) is 48.5 Å². The highest BCUT2D eigenvalue weighted by Crippen LogP contribution is 2.29. The third kappa shape index (κ3) is 5.53. The number of carbonyl (C=O) groups excluding carboxylic acids is 2. The third-order valence-electron chi connectivity index (χ3n) is 7.55. The smallest absolute Gasteiger partial charge is 0.258 e. The molecule has 4 rings (SSSR count). The molecule has 2 aromatic carbocycles. The molecule has 2 N–H and O–H groups in total. The van der Waals surface area contributed by atoms with Crippen LogP contribution in [0, 0.1) is 0 Å². The van der Waals surface area contributed by atoms with Gasteiger partial charge in [0.05, 0.1) is 16.6 Å². The molecule has 2 amide bonds. The minimum absolute atomic E-state index is 0.0403. The van der Waals surface area contributed by atoms with Crippen molar-refractivity contribution in [2.24, 2.45) is 0 Å². The first-order valence-electron chi connectivity index (χ1n) is 12.9. The fourth-order valence-electron chi connectivity index (χ4n) is 5.23.